The maximum Gasteiger partial charge on any atom is 0.122 e. The van der Waals surface area contributed by atoms with Crippen LogP contribution in [0.15, 0.2) is 54.6 Å². The molecule has 0 saturated heterocycles. The van der Waals surface area contributed by atoms with Gasteiger partial charge in [-0.05, 0) is 41.8 Å². The highest BCUT2D eigenvalue weighted by atomic mass is 35.5. The molecule has 1 heterocycles. The summed E-state index contributed by atoms with van der Waals surface area (Å²) >= 11 is 7.60. The Bertz CT molecular complexity index is 625. The third-order valence-electron chi connectivity index (χ3n) is 2.67. The minimum Gasteiger partial charge on any atom is -0.488 e. The lowest BCUT2D eigenvalue weighted by atomic mass is 10.2. The SMILES string of the molecule is Clc1ccc(OCc2cc3ccccc3s2)cc1. The molecule has 18 heavy (non-hydrogen) atoms. The van der Waals surface area contributed by atoms with Crippen molar-refractivity contribution in [3.63, 3.8) is 0 Å². The molecule has 0 radical (unpaired) electrons. The van der Waals surface area contributed by atoms with Crippen molar-refractivity contribution < 1.29 is 4.74 Å². The molecule has 90 valence electrons. The zero-order valence-electron chi connectivity index (χ0n) is 9.60. The molecule has 0 N–H and O–H groups in total. The van der Waals surface area contributed by atoms with Crippen LogP contribution in [0.25, 0.3) is 10.1 Å². The van der Waals surface area contributed by atoms with Crippen LogP contribution in [0.2, 0.25) is 5.02 Å². The number of hydrogen-bond acceptors (Lipinski definition) is 2. The number of rotatable bonds is 3. The van der Waals surface area contributed by atoms with Gasteiger partial charge in [0, 0.05) is 14.6 Å². The van der Waals surface area contributed by atoms with Gasteiger partial charge in [0.05, 0.1) is 0 Å². The van der Waals surface area contributed by atoms with Crippen molar-refractivity contribution >= 4 is 33.0 Å². The third-order valence-corrected chi connectivity index (χ3v) is 4.01. The second-order valence-corrected chi connectivity index (χ2v) is 5.60. The summed E-state index contributed by atoms with van der Waals surface area (Å²) in [4.78, 5) is 1.23. The predicted molar refractivity (Wildman–Crippen MR) is 77.6 cm³/mol. The van der Waals surface area contributed by atoms with E-state index in [1.54, 1.807) is 11.3 Å². The lowest BCUT2D eigenvalue weighted by Crippen LogP contribution is -1.91. The van der Waals surface area contributed by atoms with Gasteiger partial charge in [-0.2, -0.15) is 0 Å². The first-order chi connectivity index (χ1) is 8.81. The second kappa shape index (κ2) is 5.01. The van der Waals surface area contributed by atoms with Crippen LogP contribution in [0.5, 0.6) is 5.75 Å². The van der Waals surface area contributed by atoms with Crippen molar-refractivity contribution in [2.45, 2.75) is 6.61 Å². The summed E-state index contributed by atoms with van der Waals surface area (Å²) in [5.41, 5.74) is 0. The van der Waals surface area contributed by atoms with Crippen molar-refractivity contribution in [1.29, 1.82) is 0 Å². The van der Waals surface area contributed by atoms with Crippen LogP contribution in [-0.4, -0.2) is 0 Å². The highest BCUT2D eigenvalue weighted by Crippen LogP contribution is 2.26. The number of fused-ring (bicyclic) bond motifs is 1. The smallest absolute Gasteiger partial charge is 0.122 e. The van der Waals surface area contributed by atoms with Gasteiger partial charge in [-0.15, -0.1) is 11.3 Å². The molecule has 0 aliphatic rings. The summed E-state index contributed by atoms with van der Waals surface area (Å²) in [6.45, 7) is 0.598. The molecule has 0 bridgehead atoms. The minimum atomic E-state index is 0.598. The van der Waals surface area contributed by atoms with Crippen LogP contribution in [0.1, 0.15) is 4.88 Å². The summed E-state index contributed by atoms with van der Waals surface area (Å²) < 4.78 is 7.03. The van der Waals surface area contributed by atoms with Crippen LogP contribution in [0.3, 0.4) is 0 Å². The van der Waals surface area contributed by atoms with E-state index >= 15 is 0 Å². The van der Waals surface area contributed by atoms with E-state index in [9.17, 15) is 0 Å². The largest absolute Gasteiger partial charge is 0.488 e. The van der Waals surface area contributed by atoms with Crippen molar-refractivity contribution in [3.05, 3.63) is 64.5 Å². The Labute approximate surface area is 115 Å². The van der Waals surface area contributed by atoms with E-state index < -0.39 is 0 Å². The number of halogens is 1. The van der Waals surface area contributed by atoms with Crippen molar-refractivity contribution in [2.75, 3.05) is 0 Å². The van der Waals surface area contributed by atoms with E-state index in [0.717, 1.165) is 10.8 Å². The second-order valence-electron chi connectivity index (χ2n) is 3.99. The average Bonchev–Trinajstić information content (AvgIpc) is 2.81. The first-order valence-corrected chi connectivity index (χ1v) is 6.86. The van der Waals surface area contributed by atoms with Crippen LogP contribution in [-0.2, 0) is 6.61 Å². The molecule has 1 nitrogen and oxygen atoms in total. The lowest BCUT2D eigenvalue weighted by molar-refractivity contribution is 0.310. The lowest BCUT2D eigenvalue weighted by Gasteiger charge is -2.03. The summed E-state index contributed by atoms with van der Waals surface area (Å²) in [6, 6.07) is 18.0. The van der Waals surface area contributed by atoms with Gasteiger partial charge in [0.15, 0.2) is 0 Å². The van der Waals surface area contributed by atoms with Gasteiger partial charge in [0.2, 0.25) is 0 Å². The Morgan fingerprint density at radius 3 is 2.56 bits per heavy atom. The van der Waals surface area contributed by atoms with Gasteiger partial charge >= 0.3 is 0 Å². The summed E-state index contributed by atoms with van der Waals surface area (Å²) in [6.07, 6.45) is 0. The fourth-order valence-electron chi connectivity index (χ4n) is 1.79. The number of hydrogen-bond donors (Lipinski definition) is 0. The summed E-state index contributed by atoms with van der Waals surface area (Å²) in [5, 5.41) is 2.00. The highest BCUT2D eigenvalue weighted by molar-refractivity contribution is 7.19. The van der Waals surface area contributed by atoms with E-state index in [0.29, 0.717) is 6.61 Å². The van der Waals surface area contributed by atoms with Crippen LogP contribution >= 0.6 is 22.9 Å². The number of ether oxygens (including phenoxy) is 1. The third kappa shape index (κ3) is 2.50. The summed E-state index contributed by atoms with van der Waals surface area (Å²) in [7, 11) is 0. The minimum absolute atomic E-state index is 0.598. The van der Waals surface area contributed by atoms with Crippen LogP contribution in [0.4, 0.5) is 0 Å². The van der Waals surface area contributed by atoms with Gasteiger partial charge in [0.1, 0.15) is 12.4 Å². The molecule has 0 saturated carbocycles. The Hall–Kier alpha value is -1.51. The molecule has 2 aromatic carbocycles. The molecule has 0 fully saturated rings. The molecular weight excluding hydrogens is 264 g/mol. The molecule has 0 spiro atoms. The predicted octanol–water partition coefficient (Wildman–Crippen LogP) is 5.13. The molecule has 0 atom stereocenters. The van der Waals surface area contributed by atoms with Crippen molar-refractivity contribution in [1.82, 2.24) is 0 Å². The average molecular weight is 275 g/mol. The quantitative estimate of drug-likeness (QED) is 0.643. The van der Waals surface area contributed by atoms with Gasteiger partial charge in [-0.3, -0.25) is 0 Å². The fraction of sp³-hybridized carbons (Fsp3) is 0.0667. The van der Waals surface area contributed by atoms with Crippen LogP contribution < -0.4 is 4.74 Å². The van der Waals surface area contributed by atoms with Gasteiger partial charge in [-0.25, -0.2) is 0 Å². The van der Waals surface area contributed by atoms with Gasteiger partial charge in [-0.1, -0.05) is 29.8 Å². The Kier molecular flexibility index (Phi) is 3.22. The monoisotopic (exact) mass is 274 g/mol. The van der Waals surface area contributed by atoms with Crippen molar-refractivity contribution in [3.8, 4) is 5.75 Å². The first kappa shape index (κ1) is 11.6. The maximum atomic E-state index is 5.83. The van der Waals surface area contributed by atoms with E-state index in [2.05, 4.69) is 30.3 Å². The van der Waals surface area contributed by atoms with Gasteiger partial charge < -0.3 is 4.74 Å². The fourth-order valence-corrected chi connectivity index (χ4v) is 2.90. The topological polar surface area (TPSA) is 9.23 Å². The Morgan fingerprint density at radius 2 is 1.78 bits per heavy atom. The van der Waals surface area contributed by atoms with Crippen molar-refractivity contribution in [2.24, 2.45) is 0 Å². The molecule has 1 aromatic heterocycles. The molecule has 0 amide bonds. The summed E-state index contributed by atoms with van der Waals surface area (Å²) in [5.74, 6) is 0.844. The van der Waals surface area contributed by atoms with Gasteiger partial charge in [0.25, 0.3) is 0 Å². The molecule has 0 unspecified atom stereocenters. The molecule has 3 aromatic rings. The zero-order chi connectivity index (χ0) is 12.4. The van der Waals surface area contributed by atoms with Crippen LogP contribution in [0, 0.1) is 0 Å². The molecule has 0 aliphatic heterocycles. The highest BCUT2D eigenvalue weighted by Gasteiger charge is 2.02. The maximum absolute atomic E-state index is 5.83. The standard InChI is InChI=1S/C15H11ClOS/c16-12-5-7-13(8-6-12)17-10-14-9-11-3-1-2-4-15(11)18-14/h1-9H,10H2. The van der Waals surface area contributed by atoms with E-state index in [1.807, 2.05) is 24.3 Å². The normalized spacial score (nSPS) is 10.7. The number of thiophene rings is 1. The molecule has 3 heteroatoms. The molecular formula is C15H11ClOS. The van der Waals surface area contributed by atoms with E-state index in [-0.39, 0.29) is 0 Å². The Balaban J connectivity index is 1.74. The number of benzene rings is 2. The van der Waals surface area contributed by atoms with E-state index in [1.165, 1.54) is 15.0 Å². The van der Waals surface area contributed by atoms with E-state index in [4.69, 9.17) is 16.3 Å². The first-order valence-electron chi connectivity index (χ1n) is 5.67. The Morgan fingerprint density at radius 1 is 1.00 bits per heavy atom. The molecule has 3 rings (SSSR count). The molecule has 0 aliphatic carbocycles. The zero-order valence-corrected chi connectivity index (χ0v) is 11.2.